The number of methoxy groups -OCH3 is 2. The Morgan fingerprint density at radius 2 is 1.67 bits per heavy atom. The monoisotopic (exact) mass is 486 g/mol. The summed E-state index contributed by atoms with van der Waals surface area (Å²) in [5.41, 5.74) is 3.34. The number of aromatic nitrogens is 3. The number of ether oxygens (including phenoxy) is 2. The van der Waals surface area contributed by atoms with Gasteiger partial charge in [0, 0.05) is 5.56 Å². The molecular weight excluding hydrogens is 460 g/mol. The first kappa shape index (κ1) is 24.5. The van der Waals surface area contributed by atoms with Crippen molar-refractivity contribution in [1.82, 2.24) is 20.3 Å². The van der Waals surface area contributed by atoms with Crippen molar-refractivity contribution in [2.75, 3.05) is 14.2 Å². The van der Waals surface area contributed by atoms with Crippen molar-refractivity contribution in [1.29, 1.82) is 0 Å². The zero-order valence-corrected chi connectivity index (χ0v) is 20.1. The van der Waals surface area contributed by atoms with Gasteiger partial charge in [0.1, 0.15) is 5.69 Å². The fraction of sp³-hybridized carbons (Fsp3) is 0.185. The zero-order chi connectivity index (χ0) is 25.7. The van der Waals surface area contributed by atoms with Crippen molar-refractivity contribution in [3.05, 3.63) is 95.2 Å². The van der Waals surface area contributed by atoms with Gasteiger partial charge in [0.05, 0.1) is 32.4 Å². The topological polar surface area (TPSA) is 116 Å². The minimum absolute atomic E-state index is 0.181. The van der Waals surface area contributed by atoms with Crippen LogP contribution in [0, 0.1) is 0 Å². The second-order valence-electron chi connectivity index (χ2n) is 8.12. The molecule has 0 fully saturated rings. The summed E-state index contributed by atoms with van der Waals surface area (Å²) in [6.45, 7) is 2.11. The van der Waals surface area contributed by atoms with Crippen LogP contribution in [0.3, 0.4) is 0 Å². The van der Waals surface area contributed by atoms with Crippen LogP contribution in [-0.2, 0) is 6.54 Å². The van der Waals surface area contributed by atoms with E-state index in [1.165, 1.54) is 12.1 Å². The fourth-order valence-corrected chi connectivity index (χ4v) is 3.85. The lowest BCUT2D eigenvalue weighted by Gasteiger charge is -2.16. The lowest BCUT2D eigenvalue weighted by Crippen LogP contribution is -2.29. The van der Waals surface area contributed by atoms with Gasteiger partial charge in [-0.1, -0.05) is 53.7 Å². The highest BCUT2D eigenvalue weighted by atomic mass is 16.5. The molecule has 36 heavy (non-hydrogen) atoms. The van der Waals surface area contributed by atoms with Gasteiger partial charge in [0.15, 0.2) is 17.2 Å². The molecule has 1 atom stereocenters. The molecule has 0 aliphatic rings. The number of benzene rings is 3. The van der Waals surface area contributed by atoms with Gasteiger partial charge < -0.3 is 19.9 Å². The van der Waals surface area contributed by atoms with Crippen molar-refractivity contribution in [2.24, 2.45) is 0 Å². The van der Waals surface area contributed by atoms with Crippen molar-refractivity contribution in [3.8, 4) is 22.8 Å². The summed E-state index contributed by atoms with van der Waals surface area (Å²) in [6, 6.07) is 20.9. The minimum Gasteiger partial charge on any atom is -0.493 e. The van der Waals surface area contributed by atoms with Crippen LogP contribution in [0.5, 0.6) is 11.5 Å². The molecule has 0 radical (unpaired) electrons. The minimum atomic E-state index is -1.00. The third kappa shape index (κ3) is 5.20. The quantitative estimate of drug-likeness (QED) is 0.364. The molecule has 184 valence electrons. The Morgan fingerprint density at radius 1 is 0.972 bits per heavy atom. The van der Waals surface area contributed by atoms with E-state index in [4.69, 9.17) is 14.6 Å². The second kappa shape index (κ2) is 10.7. The lowest BCUT2D eigenvalue weighted by molar-refractivity contribution is 0.0696. The Kier molecular flexibility index (Phi) is 7.29. The first-order valence-corrected chi connectivity index (χ1v) is 11.2. The Hall–Kier alpha value is -4.66. The number of rotatable bonds is 9. The Labute approximate surface area is 208 Å². The van der Waals surface area contributed by atoms with E-state index in [1.54, 1.807) is 37.1 Å². The Morgan fingerprint density at radius 3 is 2.31 bits per heavy atom. The molecule has 3 aromatic carbocycles. The molecule has 0 saturated carbocycles. The summed E-state index contributed by atoms with van der Waals surface area (Å²) >= 11 is 0. The summed E-state index contributed by atoms with van der Waals surface area (Å²) in [7, 11) is 3.13. The van der Waals surface area contributed by atoms with Gasteiger partial charge >= 0.3 is 5.97 Å². The van der Waals surface area contributed by atoms with Gasteiger partial charge in [-0.2, -0.15) is 0 Å². The molecule has 0 aliphatic heterocycles. The number of hydrogen-bond acceptors (Lipinski definition) is 6. The maximum atomic E-state index is 13.5. The summed E-state index contributed by atoms with van der Waals surface area (Å²) in [5, 5.41) is 20.7. The molecule has 4 aromatic rings. The molecule has 1 heterocycles. The highest BCUT2D eigenvalue weighted by Crippen LogP contribution is 2.29. The van der Waals surface area contributed by atoms with Crippen LogP contribution in [-0.4, -0.2) is 46.2 Å². The average molecular weight is 487 g/mol. The zero-order valence-electron chi connectivity index (χ0n) is 20.1. The maximum absolute atomic E-state index is 13.5. The second-order valence-corrected chi connectivity index (χ2v) is 8.12. The number of nitrogens with one attached hydrogen (secondary N) is 1. The van der Waals surface area contributed by atoms with Crippen LogP contribution < -0.4 is 14.8 Å². The number of carbonyl (C=O) groups is 2. The third-order valence-corrected chi connectivity index (χ3v) is 5.78. The number of carboxylic acid groups (broad SMARTS) is 1. The molecule has 1 amide bonds. The molecule has 1 aromatic heterocycles. The molecule has 0 saturated heterocycles. The number of amides is 1. The van der Waals surface area contributed by atoms with E-state index < -0.39 is 5.97 Å². The molecule has 9 heteroatoms. The predicted octanol–water partition coefficient (Wildman–Crippen LogP) is 4.20. The number of nitrogens with zero attached hydrogens (tertiary/aromatic N) is 3. The van der Waals surface area contributed by atoms with E-state index in [0.717, 1.165) is 16.7 Å². The fourth-order valence-electron chi connectivity index (χ4n) is 3.85. The Balaban J connectivity index is 1.66. The van der Waals surface area contributed by atoms with Gasteiger partial charge in [-0.3, -0.25) is 4.79 Å². The lowest BCUT2D eigenvalue weighted by atomic mass is 10.1. The average Bonchev–Trinajstić information content (AvgIpc) is 3.32. The van der Waals surface area contributed by atoms with Crippen LogP contribution in [0.1, 0.15) is 44.9 Å². The van der Waals surface area contributed by atoms with E-state index >= 15 is 0 Å². The van der Waals surface area contributed by atoms with E-state index in [1.807, 2.05) is 49.4 Å². The standard InChI is InChI=1S/C27H26N4O5/c1-17(19-10-12-21(13-11-19)27(33)34)28-26(32)25-24(20-7-5-4-6-8-20)29-30-31(25)16-18-9-14-22(35-2)23(15-18)36-3/h4-15,17H,16H2,1-3H3,(H,28,32)(H,33,34)/t17-/m0/s1. The predicted molar refractivity (Wildman–Crippen MR) is 133 cm³/mol. The van der Waals surface area contributed by atoms with Crippen LogP contribution in [0.15, 0.2) is 72.8 Å². The SMILES string of the molecule is COc1ccc(Cn2nnc(-c3ccccc3)c2C(=O)N[C@@H](C)c2ccc(C(=O)O)cc2)cc1OC. The molecule has 4 rings (SSSR count). The van der Waals surface area contributed by atoms with E-state index in [2.05, 4.69) is 15.6 Å². The van der Waals surface area contributed by atoms with Crippen LogP contribution in [0.2, 0.25) is 0 Å². The molecule has 0 aliphatic carbocycles. The van der Waals surface area contributed by atoms with Crippen LogP contribution in [0.4, 0.5) is 0 Å². The van der Waals surface area contributed by atoms with Crippen molar-refractivity contribution < 1.29 is 24.2 Å². The number of carbonyl (C=O) groups excluding carboxylic acids is 1. The Bertz CT molecular complexity index is 1370. The molecule has 9 nitrogen and oxygen atoms in total. The molecular formula is C27H26N4O5. The first-order valence-electron chi connectivity index (χ1n) is 11.2. The molecule has 0 bridgehead atoms. The van der Waals surface area contributed by atoms with Gasteiger partial charge in [-0.15, -0.1) is 5.10 Å². The number of hydrogen-bond donors (Lipinski definition) is 2. The van der Waals surface area contributed by atoms with Crippen molar-refractivity contribution in [2.45, 2.75) is 19.5 Å². The normalized spacial score (nSPS) is 11.5. The number of aromatic carboxylic acids is 1. The van der Waals surface area contributed by atoms with Crippen molar-refractivity contribution in [3.63, 3.8) is 0 Å². The van der Waals surface area contributed by atoms with Crippen LogP contribution >= 0.6 is 0 Å². The highest BCUT2D eigenvalue weighted by Gasteiger charge is 2.24. The molecule has 0 spiro atoms. The van der Waals surface area contributed by atoms with Gasteiger partial charge in [-0.05, 0) is 42.3 Å². The van der Waals surface area contributed by atoms with Gasteiger partial charge in [-0.25, -0.2) is 9.48 Å². The van der Waals surface area contributed by atoms with E-state index in [0.29, 0.717) is 22.9 Å². The molecule has 0 unspecified atom stereocenters. The van der Waals surface area contributed by atoms with E-state index in [9.17, 15) is 9.59 Å². The summed E-state index contributed by atoms with van der Waals surface area (Å²) in [4.78, 5) is 24.7. The van der Waals surface area contributed by atoms with Gasteiger partial charge in [0.2, 0.25) is 0 Å². The maximum Gasteiger partial charge on any atom is 0.335 e. The van der Waals surface area contributed by atoms with Crippen LogP contribution in [0.25, 0.3) is 11.3 Å². The van der Waals surface area contributed by atoms with Crippen molar-refractivity contribution >= 4 is 11.9 Å². The summed E-state index contributed by atoms with van der Waals surface area (Å²) in [6.07, 6.45) is 0. The summed E-state index contributed by atoms with van der Waals surface area (Å²) in [5.74, 6) is -0.182. The number of carboxylic acids is 1. The highest BCUT2D eigenvalue weighted by molar-refractivity contribution is 5.98. The first-order chi connectivity index (χ1) is 17.4. The summed E-state index contributed by atoms with van der Waals surface area (Å²) < 4.78 is 12.3. The third-order valence-electron chi connectivity index (χ3n) is 5.78. The smallest absolute Gasteiger partial charge is 0.335 e. The molecule has 2 N–H and O–H groups in total. The van der Waals surface area contributed by atoms with E-state index in [-0.39, 0.29) is 24.1 Å². The largest absolute Gasteiger partial charge is 0.493 e. The van der Waals surface area contributed by atoms with Gasteiger partial charge in [0.25, 0.3) is 5.91 Å².